The molecule has 1 aliphatic heterocycles. The summed E-state index contributed by atoms with van der Waals surface area (Å²) in [6.45, 7) is 7.69. The van der Waals surface area contributed by atoms with Gasteiger partial charge in [-0.2, -0.15) is 13.2 Å². The zero-order chi connectivity index (χ0) is 33.9. The number of likely N-dealkylation sites (tertiary alicyclic amines) is 1. The highest BCUT2D eigenvalue weighted by atomic mass is 32.2. The van der Waals surface area contributed by atoms with Crippen molar-refractivity contribution in [2.75, 3.05) is 18.4 Å². The molecule has 1 aliphatic rings. The largest absolute Gasteiger partial charge is 0.481 e. The molecular formula is C34H40F3N3O5S. The molecule has 1 saturated heterocycles. The summed E-state index contributed by atoms with van der Waals surface area (Å²) in [4.78, 5) is 26.1. The van der Waals surface area contributed by atoms with Crippen molar-refractivity contribution in [3.8, 4) is 11.1 Å². The number of nitrogens with one attached hydrogen (secondary N) is 2. The Morgan fingerprint density at radius 3 is 2.17 bits per heavy atom. The van der Waals surface area contributed by atoms with Gasteiger partial charge >= 0.3 is 12.1 Å². The SMILES string of the molecule is Cc1cc(-c2ccc(S(=O)(=O)NC(C)(C)C)cc2)ccc1C(CCC(F)(F)F)Nc1ccc(C(=O)N2CCC[C@@H](C(=O)O)C2)cc1. The van der Waals surface area contributed by atoms with E-state index in [4.69, 9.17) is 0 Å². The van der Waals surface area contributed by atoms with E-state index >= 15 is 0 Å². The van der Waals surface area contributed by atoms with E-state index in [0.29, 0.717) is 36.2 Å². The van der Waals surface area contributed by atoms with Gasteiger partial charge in [-0.05, 0) is 106 Å². The first kappa shape index (κ1) is 35.0. The number of benzene rings is 3. The number of aryl methyl sites for hydroxylation is 1. The molecule has 1 amide bonds. The number of carbonyl (C=O) groups excluding carboxylic acids is 1. The molecule has 8 nitrogen and oxygen atoms in total. The van der Waals surface area contributed by atoms with Crippen LogP contribution in [-0.2, 0) is 14.8 Å². The number of sulfonamides is 1. The molecule has 0 saturated carbocycles. The predicted octanol–water partition coefficient (Wildman–Crippen LogP) is 7.17. The van der Waals surface area contributed by atoms with Gasteiger partial charge in [-0.25, -0.2) is 13.1 Å². The number of anilines is 1. The number of carboxylic acids is 1. The fourth-order valence-corrected chi connectivity index (χ4v) is 7.02. The molecule has 3 aromatic carbocycles. The molecule has 0 radical (unpaired) electrons. The van der Waals surface area contributed by atoms with Crippen molar-refractivity contribution in [1.29, 1.82) is 0 Å². The molecule has 3 N–H and O–H groups in total. The minimum atomic E-state index is -4.35. The number of hydrogen-bond acceptors (Lipinski definition) is 5. The maximum atomic E-state index is 13.3. The van der Waals surface area contributed by atoms with Gasteiger partial charge in [0.05, 0.1) is 16.9 Å². The van der Waals surface area contributed by atoms with Crippen molar-refractivity contribution in [2.24, 2.45) is 5.92 Å². The third-order valence-corrected chi connectivity index (χ3v) is 9.60. The third kappa shape index (κ3) is 9.32. The van der Waals surface area contributed by atoms with Crippen LogP contribution in [0.3, 0.4) is 0 Å². The Labute approximate surface area is 268 Å². The van der Waals surface area contributed by atoms with Gasteiger partial charge in [-0.15, -0.1) is 0 Å². The van der Waals surface area contributed by atoms with Crippen LogP contribution in [0.25, 0.3) is 11.1 Å². The molecule has 46 heavy (non-hydrogen) atoms. The van der Waals surface area contributed by atoms with E-state index < -0.39 is 46.1 Å². The van der Waals surface area contributed by atoms with E-state index in [0.717, 1.165) is 16.7 Å². The lowest BCUT2D eigenvalue weighted by Gasteiger charge is -2.30. The molecular weight excluding hydrogens is 619 g/mol. The Morgan fingerprint density at radius 2 is 1.61 bits per heavy atom. The zero-order valence-corrected chi connectivity index (χ0v) is 27.1. The van der Waals surface area contributed by atoms with Crippen molar-refractivity contribution in [3.05, 3.63) is 83.4 Å². The van der Waals surface area contributed by atoms with Crippen LogP contribution in [0.2, 0.25) is 0 Å². The first-order valence-corrected chi connectivity index (χ1v) is 16.6. The zero-order valence-electron chi connectivity index (χ0n) is 26.3. The highest BCUT2D eigenvalue weighted by Crippen LogP contribution is 2.34. The molecule has 0 aliphatic carbocycles. The third-order valence-electron chi connectivity index (χ3n) is 7.83. The number of amides is 1. The first-order valence-electron chi connectivity index (χ1n) is 15.1. The summed E-state index contributed by atoms with van der Waals surface area (Å²) in [5, 5.41) is 12.5. The van der Waals surface area contributed by atoms with Crippen molar-refractivity contribution < 1.29 is 36.3 Å². The average molecular weight is 660 g/mol. The smallest absolute Gasteiger partial charge is 0.389 e. The second-order valence-electron chi connectivity index (χ2n) is 12.8. The van der Waals surface area contributed by atoms with E-state index in [1.54, 1.807) is 69.3 Å². The number of aliphatic carboxylic acids is 1. The summed E-state index contributed by atoms with van der Waals surface area (Å²) in [5.41, 5.74) is 3.25. The van der Waals surface area contributed by atoms with Gasteiger partial charge in [0.15, 0.2) is 0 Å². The highest BCUT2D eigenvalue weighted by molar-refractivity contribution is 7.89. The number of halogens is 3. The van der Waals surface area contributed by atoms with Gasteiger partial charge in [-0.3, -0.25) is 9.59 Å². The second-order valence-corrected chi connectivity index (χ2v) is 14.5. The highest BCUT2D eigenvalue weighted by Gasteiger charge is 2.30. The molecule has 4 rings (SSSR count). The van der Waals surface area contributed by atoms with E-state index in [2.05, 4.69) is 10.0 Å². The van der Waals surface area contributed by atoms with Crippen molar-refractivity contribution in [3.63, 3.8) is 0 Å². The standard InChI is InChI=1S/C34H40F3N3O5S/c1-22-20-25(23-9-14-28(15-10-23)46(44,45)39-33(2,3)4)11-16-29(22)30(17-18-34(35,36)37)38-27-12-7-24(8-13-27)31(41)40-19-5-6-26(21-40)32(42)43/h7-16,20,26,30,38-39H,5-6,17-19,21H2,1-4H3,(H,42,43)/t26-,30?/m1/s1. The molecule has 0 aromatic heterocycles. The van der Waals surface area contributed by atoms with E-state index in [1.807, 2.05) is 13.0 Å². The van der Waals surface area contributed by atoms with Crippen molar-refractivity contribution in [1.82, 2.24) is 9.62 Å². The fraction of sp³-hybridized carbons (Fsp3) is 0.412. The lowest BCUT2D eigenvalue weighted by molar-refractivity contribution is -0.143. The summed E-state index contributed by atoms with van der Waals surface area (Å²) >= 11 is 0. The number of carboxylic acid groups (broad SMARTS) is 1. The van der Waals surface area contributed by atoms with Gasteiger partial charge in [-0.1, -0.05) is 30.3 Å². The number of piperidine rings is 1. The molecule has 12 heteroatoms. The average Bonchev–Trinajstić information content (AvgIpc) is 2.98. The van der Waals surface area contributed by atoms with Gasteiger partial charge < -0.3 is 15.3 Å². The van der Waals surface area contributed by atoms with Crippen LogP contribution in [0.15, 0.2) is 71.6 Å². The number of rotatable bonds is 10. The van der Waals surface area contributed by atoms with Crippen LogP contribution in [-0.4, -0.2) is 55.1 Å². The fourth-order valence-electron chi connectivity index (χ4n) is 5.60. The number of nitrogens with zero attached hydrogens (tertiary/aromatic N) is 1. The Balaban J connectivity index is 1.52. The van der Waals surface area contributed by atoms with Gasteiger partial charge in [0.1, 0.15) is 0 Å². The van der Waals surface area contributed by atoms with Crippen LogP contribution in [0.5, 0.6) is 0 Å². The molecule has 0 bridgehead atoms. The topological polar surface area (TPSA) is 116 Å². The molecule has 0 spiro atoms. The van der Waals surface area contributed by atoms with Crippen LogP contribution in [0.4, 0.5) is 18.9 Å². The molecule has 3 aromatic rings. The minimum Gasteiger partial charge on any atom is -0.481 e. The summed E-state index contributed by atoms with van der Waals surface area (Å²) in [6.07, 6.45) is -4.45. The number of carbonyl (C=O) groups is 2. The minimum absolute atomic E-state index is 0.129. The maximum absolute atomic E-state index is 13.3. The van der Waals surface area contributed by atoms with Gasteiger partial charge in [0.2, 0.25) is 10.0 Å². The van der Waals surface area contributed by atoms with Crippen molar-refractivity contribution >= 4 is 27.6 Å². The van der Waals surface area contributed by atoms with Crippen LogP contribution in [0.1, 0.15) is 74.0 Å². The van der Waals surface area contributed by atoms with Crippen LogP contribution in [0, 0.1) is 12.8 Å². The van der Waals surface area contributed by atoms with E-state index in [1.165, 1.54) is 17.0 Å². The molecule has 248 valence electrons. The summed E-state index contributed by atoms with van der Waals surface area (Å²) in [7, 11) is -3.70. The summed E-state index contributed by atoms with van der Waals surface area (Å²) < 4.78 is 67.9. The number of alkyl halides is 3. The second kappa shape index (κ2) is 13.8. The van der Waals surface area contributed by atoms with E-state index in [-0.39, 0.29) is 23.8 Å². The molecule has 1 fully saturated rings. The monoisotopic (exact) mass is 659 g/mol. The lowest BCUT2D eigenvalue weighted by atomic mass is 9.93. The first-order chi connectivity index (χ1) is 21.4. The normalized spacial score (nSPS) is 16.6. The van der Waals surface area contributed by atoms with E-state index in [9.17, 15) is 36.3 Å². The van der Waals surface area contributed by atoms with Gasteiger partial charge in [0, 0.05) is 36.3 Å². The van der Waals surface area contributed by atoms with Crippen LogP contribution >= 0.6 is 0 Å². The Bertz CT molecular complexity index is 1650. The van der Waals surface area contributed by atoms with Crippen molar-refractivity contribution in [2.45, 2.75) is 76.0 Å². The summed E-state index contributed by atoms with van der Waals surface area (Å²) in [5.74, 6) is -1.81. The number of hydrogen-bond donors (Lipinski definition) is 3. The Hall–Kier alpha value is -3.90. The molecule has 2 atom stereocenters. The van der Waals surface area contributed by atoms with Gasteiger partial charge in [0.25, 0.3) is 5.91 Å². The Kier molecular flexibility index (Phi) is 10.5. The predicted molar refractivity (Wildman–Crippen MR) is 171 cm³/mol. The molecule has 1 heterocycles. The molecule has 1 unspecified atom stereocenters. The lowest BCUT2D eigenvalue weighted by Crippen LogP contribution is -2.42. The Morgan fingerprint density at radius 1 is 0.978 bits per heavy atom. The van der Waals surface area contributed by atoms with Crippen LogP contribution < -0.4 is 10.0 Å². The summed E-state index contributed by atoms with van der Waals surface area (Å²) in [6, 6.07) is 17.6. The maximum Gasteiger partial charge on any atom is 0.389 e. The quantitative estimate of drug-likeness (QED) is 0.213.